The topological polar surface area (TPSA) is 66.4 Å². The molecule has 0 fully saturated rings. The number of aliphatic carboxylic acids is 1. The minimum absolute atomic E-state index is 0.271. The average Bonchev–Trinajstić information content (AvgIpc) is 2.33. The Kier molecular flexibility index (Phi) is 6.05. The second-order valence-electron chi connectivity index (χ2n) is 4.41. The van der Waals surface area contributed by atoms with Gasteiger partial charge in [0.1, 0.15) is 0 Å². The van der Waals surface area contributed by atoms with Gasteiger partial charge in [-0.05, 0) is 24.6 Å². The number of rotatable bonds is 6. The number of nitrogens with one attached hydrogen (secondary N) is 1. The first-order valence-electron chi connectivity index (χ1n) is 5.95. The molecule has 1 aromatic rings. The number of allylic oxidation sites excluding steroid dienone is 1. The van der Waals surface area contributed by atoms with Crippen molar-refractivity contribution < 1.29 is 14.7 Å². The predicted octanol–water partition coefficient (Wildman–Crippen LogP) is 3.84. The molecule has 2 unspecified atom stereocenters. The molecule has 0 saturated carbocycles. The van der Waals surface area contributed by atoms with Gasteiger partial charge < -0.3 is 10.4 Å². The van der Waals surface area contributed by atoms with Crippen LogP contribution in [0.3, 0.4) is 0 Å². The molecular weight excluding hydrogens is 301 g/mol. The van der Waals surface area contributed by atoms with Gasteiger partial charge in [0.2, 0.25) is 5.91 Å². The summed E-state index contributed by atoms with van der Waals surface area (Å²) in [5, 5.41) is 12.4. The maximum absolute atomic E-state index is 12.2. The summed E-state index contributed by atoms with van der Waals surface area (Å²) < 4.78 is 0. The molecule has 0 saturated heterocycles. The molecule has 6 heteroatoms. The number of anilines is 1. The van der Waals surface area contributed by atoms with Gasteiger partial charge in [0, 0.05) is 15.7 Å². The lowest BCUT2D eigenvalue weighted by molar-refractivity contribution is -0.145. The highest BCUT2D eigenvalue weighted by atomic mass is 35.5. The van der Waals surface area contributed by atoms with Gasteiger partial charge in [-0.1, -0.05) is 36.2 Å². The van der Waals surface area contributed by atoms with Gasteiger partial charge >= 0.3 is 5.97 Å². The zero-order valence-electron chi connectivity index (χ0n) is 10.9. The number of benzene rings is 1. The summed E-state index contributed by atoms with van der Waals surface area (Å²) in [5.74, 6) is -2.96. The van der Waals surface area contributed by atoms with E-state index in [2.05, 4.69) is 11.9 Å². The average molecular weight is 316 g/mol. The van der Waals surface area contributed by atoms with Crippen LogP contribution in [0.4, 0.5) is 5.69 Å². The summed E-state index contributed by atoms with van der Waals surface area (Å²) in [7, 11) is 0. The zero-order valence-corrected chi connectivity index (χ0v) is 12.4. The number of hydrogen-bond donors (Lipinski definition) is 2. The predicted molar refractivity (Wildman–Crippen MR) is 80.2 cm³/mol. The van der Waals surface area contributed by atoms with E-state index < -0.39 is 23.7 Å². The lowest BCUT2D eigenvalue weighted by atomic mass is 9.90. The smallest absolute Gasteiger partial charge is 0.307 e. The van der Waals surface area contributed by atoms with E-state index in [4.69, 9.17) is 28.3 Å². The summed E-state index contributed by atoms with van der Waals surface area (Å²) in [6.45, 7) is 5.03. The summed E-state index contributed by atoms with van der Waals surface area (Å²) in [4.78, 5) is 23.2. The molecule has 0 aromatic heterocycles. The van der Waals surface area contributed by atoms with Crippen molar-refractivity contribution in [3.63, 3.8) is 0 Å². The Balaban J connectivity index is 2.90. The van der Waals surface area contributed by atoms with Crippen LogP contribution in [0.15, 0.2) is 30.9 Å². The van der Waals surface area contributed by atoms with Crippen LogP contribution in [0.1, 0.15) is 13.3 Å². The van der Waals surface area contributed by atoms with Gasteiger partial charge in [0.25, 0.3) is 0 Å². The van der Waals surface area contributed by atoms with Crippen molar-refractivity contribution in [1.82, 2.24) is 0 Å². The number of carbonyl (C=O) groups is 2. The Labute approximate surface area is 127 Å². The monoisotopic (exact) mass is 315 g/mol. The van der Waals surface area contributed by atoms with Crippen molar-refractivity contribution in [1.29, 1.82) is 0 Å². The first kappa shape index (κ1) is 16.5. The SMILES string of the molecule is C=CCC(C(=O)Nc1cc(Cl)cc(Cl)c1)C(C)C(=O)O. The number of carboxylic acids is 1. The lowest BCUT2D eigenvalue weighted by Gasteiger charge is -2.19. The van der Waals surface area contributed by atoms with Crippen molar-refractivity contribution in [3.8, 4) is 0 Å². The van der Waals surface area contributed by atoms with Crippen LogP contribution in [-0.4, -0.2) is 17.0 Å². The fourth-order valence-electron chi connectivity index (χ4n) is 1.75. The molecule has 4 nitrogen and oxygen atoms in total. The molecule has 0 aliphatic carbocycles. The summed E-state index contributed by atoms with van der Waals surface area (Å²) in [6.07, 6.45) is 1.79. The van der Waals surface area contributed by atoms with Crippen LogP contribution in [0.5, 0.6) is 0 Å². The van der Waals surface area contributed by atoms with Crippen molar-refractivity contribution in [2.75, 3.05) is 5.32 Å². The number of carboxylic acid groups (broad SMARTS) is 1. The lowest BCUT2D eigenvalue weighted by Crippen LogP contribution is -2.31. The third-order valence-electron chi connectivity index (χ3n) is 2.88. The molecule has 1 rings (SSSR count). The van der Waals surface area contributed by atoms with E-state index in [0.29, 0.717) is 15.7 Å². The van der Waals surface area contributed by atoms with Gasteiger partial charge in [0.15, 0.2) is 0 Å². The molecule has 0 bridgehead atoms. The molecule has 0 radical (unpaired) electrons. The second kappa shape index (κ2) is 7.31. The maximum atomic E-state index is 12.2. The van der Waals surface area contributed by atoms with E-state index in [-0.39, 0.29) is 6.42 Å². The number of hydrogen-bond acceptors (Lipinski definition) is 2. The van der Waals surface area contributed by atoms with Crippen LogP contribution in [0.25, 0.3) is 0 Å². The molecule has 2 N–H and O–H groups in total. The van der Waals surface area contributed by atoms with E-state index >= 15 is 0 Å². The van der Waals surface area contributed by atoms with Crippen LogP contribution >= 0.6 is 23.2 Å². The van der Waals surface area contributed by atoms with E-state index in [9.17, 15) is 9.59 Å². The summed E-state index contributed by atoms with van der Waals surface area (Å²) in [6, 6.07) is 4.63. The van der Waals surface area contributed by atoms with Crippen molar-refractivity contribution >= 4 is 40.8 Å². The van der Waals surface area contributed by atoms with Crippen LogP contribution < -0.4 is 5.32 Å². The quantitative estimate of drug-likeness (QED) is 0.784. The standard InChI is InChI=1S/C14H15Cl2NO3/c1-3-4-12(8(2)14(19)20)13(18)17-11-6-9(15)5-10(16)7-11/h3,5-8,12H,1,4H2,2H3,(H,17,18)(H,19,20). The Morgan fingerprint density at radius 3 is 2.35 bits per heavy atom. The summed E-state index contributed by atoms with van der Waals surface area (Å²) in [5.41, 5.74) is 0.430. The first-order valence-corrected chi connectivity index (χ1v) is 6.71. The molecule has 1 aromatic carbocycles. The molecule has 20 heavy (non-hydrogen) atoms. The van der Waals surface area contributed by atoms with Gasteiger partial charge in [-0.2, -0.15) is 0 Å². The number of amides is 1. The highest BCUT2D eigenvalue weighted by Crippen LogP contribution is 2.24. The Morgan fingerprint density at radius 1 is 1.35 bits per heavy atom. The Hall–Kier alpha value is -1.52. The molecular formula is C14H15Cl2NO3. The van der Waals surface area contributed by atoms with E-state index in [1.54, 1.807) is 18.2 Å². The van der Waals surface area contributed by atoms with Gasteiger partial charge in [-0.25, -0.2) is 0 Å². The first-order chi connectivity index (χ1) is 9.35. The molecule has 0 heterocycles. The van der Waals surface area contributed by atoms with Crippen LogP contribution in [-0.2, 0) is 9.59 Å². The van der Waals surface area contributed by atoms with Crippen LogP contribution in [0, 0.1) is 11.8 Å². The molecule has 0 aliphatic rings. The molecule has 0 aliphatic heterocycles. The second-order valence-corrected chi connectivity index (χ2v) is 5.28. The molecule has 1 amide bonds. The largest absolute Gasteiger partial charge is 0.481 e. The normalized spacial score (nSPS) is 13.3. The van der Waals surface area contributed by atoms with Crippen LogP contribution in [0.2, 0.25) is 10.0 Å². The molecule has 108 valence electrons. The minimum atomic E-state index is -1.03. The van der Waals surface area contributed by atoms with Gasteiger partial charge in [-0.15, -0.1) is 6.58 Å². The fraction of sp³-hybridized carbons (Fsp3) is 0.286. The highest BCUT2D eigenvalue weighted by Gasteiger charge is 2.29. The summed E-state index contributed by atoms with van der Waals surface area (Å²) >= 11 is 11.7. The van der Waals surface area contributed by atoms with E-state index in [1.165, 1.54) is 13.0 Å². The molecule has 2 atom stereocenters. The van der Waals surface area contributed by atoms with E-state index in [1.807, 2.05) is 0 Å². The van der Waals surface area contributed by atoms with E-state index in [0.717, 1.165) is 0 Å². The number of halogens is 2. The van der Waals surface area contributed by atoms with Crippen molar-refractivity contribution in [2.45, 2.75) is 13.3 Å². The van der Waals surface area contributed by atoms with Gasteiger partial charge in [0.05, 0.1) is 11.8 Å². The van der Waals surface area contributed by atoms with Gasteiger partial charge in [-0.3, -0.25) is 9.59 Å². The molecule has 0 spiro atoms. The maximum Gasteiger partial charge on any atom is 0.307 e. The third kappa shape index (κ3) is 4.54. The highest BCUT2D eigenvalue weighted by molar-refractivity contribution is 6.35. The zero-order chi connectivity index (χ0) is 15.3. The third-order valence-corrected chi connectivity index (χ3v) is 3.32. The van der Waals surface area contributed by atoms with Crippen molar-refractivity contribution in [2.24, 2.45) is 11.8 Å². The minimum Gasteiger partial charge on any atom is -0.481 e. The fourth-order valence-corrected chi connectivity index (χ4v) is 2.28. The van der Waals surface area contributed by atoms with Crippen molar-refractivity contribution in [3.05, 3.63) is 40.9 Å². The Bertz CT molecular complexity index is 511. The number of carbonyl (C=O) groups excluding carboxylic acids is 1. The Morgan fingerprint density at radius 2 is 1.90 bits per heavy atom.